The third-order valence-electron chi connectivity index (χ3n) is 1.99. The molecule has 0 aliphatic rings. The first-order valence-corrected chi connectivity index (χ1v) is 4.76. The molecule has 0 aliphatic carbocycles. The number of nitrogens with two attached hydrogens (primary N) is 1. The van der Waals surface area contributed by atoms with Crippen molar-refractivity contribution in [2.75, 3.05) is 13.7 Å². The van der Waals surface area contributed by atoms with Crippen molar-refractivity contribution in [2.45, 2.75) is 6.42 Å². The largest absolute Gasteiger partial charge is 0.495 e. The van der Waals surface area contributed by atoms with Crippen molar-refractivity contribution in [2.24, 2.45) is 5.73 Å². The monoisotopic (exact) mass is 202 g/mol. The minimum Gasteiger partial charge on any atom is -0.495 e. The predicted octanol–water partition coefficient (Wildman–Crippen LogP) is 1.93. The smallest absolute Gasteiger partial charge is 0.136 e. The third kappa shape index (κ3) is 3.12. The fourth-order valence-corrected chi connectivity index (χ4v) is 1.23. The minimum absolute atomic E-state index is 0.549. The van der Waals surface area contributed by atoms with Gasteiger partial charge in [0.1, 0.15) is 11.8 Å². The van der Waals surface area contributed by atoms with Gasteiger partial charge in [-0.3, -0.25) is 0 Å². The molecule has 2 N–H and O–H groups in total. The number of benzene rings is 1. The summed E-state index contributed by atoms with van der Waals surface area (Å²) in [5.41, 5.74) is 6.91. The highest BCUT2D eigenvalue weighted by atomic mass is 16.5. The predicted molar refractivity (Wildman–Crippen MR) is 60.4 cm³/mol. The normalized spacial score (nSPS) is 10.2. The Balaban J connectivity index is 2.89. The second-order valence-corrected chi connectivity index (χ2v) is 3.05. The molecule has 3 heteroatoms. The van der Waals surface area contributed by atoms with Crippen molar-refractivity contribution in [3.63, 3.8) is 0 Å². The van der Waals surface area contributed by atoms with Crippen LogP contribution in [0, 0.1) is 11.3 Å². The van der Waals surface area contributed by atoms with Gasteiger partial charge in [-0.25, -0.2) is 0 Å². The van der Waals surface area contributed by atoms with Gasteiger partial charge in [-0.05, 0) is 30.7 Å². The van der Waals surface area contributed by atoms with Gasteiger partial charge in [-0.15, -0.1) is 0 Å². The summed E-state index contributed by atoms with van der Waals surface area (Å²) >= 11 is 0. The van der Waals surface area contributed by atoms with Crippen LogP contribution >= 0.6 is 0 Å². The zero-order valence-corrected chi connectivity index (χ0v) is 8.73. The standard InChI is InChI=1S/C12H14N2O/c1-15-12-6-5-10(4-2-3-7-13)8-11(12)9-14/h2,4-6,8H,3,7,13H2,1H3. The summed E-state index contributed by atoms with van der Waals surface area (Å²) in [6.45, 7) is 0.637. The van der Waals surface area contributed by atoms with Crippen LogP contribution in [0.15, 0.2) is 24.3 Å². The summed E-state index contributed by atoms with van der Waals surface area (Å²) in [7, 11) is 1.56. The van der Waals surface area contributed by atoms with E-state index >= 15 is 0 Å². The fraction of sp³-hybridized carbons (Fsp3) is 0.250. The maximum absolute atomic E-state index is 8.87. The van der Waals surface area contributed by atoms with E-state index in [1.807, 2.05) is 18.2 Å². The summed E-state index contributed by atoms with van der Waals surface area (Å²) in [6, 6.07) is 7.59. The van der Waals surface area contributed by atoms with Crippen molar-refractivity contribution in [1.29, 1.82) is 5.26 Å². The highest BCUT2D eigenvalue weighted by Gasteiger charge is 2.01. The molecule has 3 nitrogen and oxygen atoms in total. The minimum atomic E-state index is 0.549. The van der Waals surface area contributed by atoms with E-state index in [0.717, 1.165) is 12.0 Å². The Morgan fingerprint density at radius 1 is 1.53 bits per heavy atom. The first-order valence-electron chi connectivity index (χ1n) is 4.76. The zero-order valence-electron chi connectivity index (χ0n) is 8.73. The molecule has 0 saturated heterocycles. The van der Waals surface area contributed by atoms with E-state index in [4.69, 9.17) is 15.7 Å². The molecule has 0 saturated carbocycles. The zero-order chi connectivity index (χ0) is 11.1. The van der Waals surface area contributed by atoms with Crippen LogP contribution in [-0.4, -0.2) is 13.7 Å². The summed E-state index contributed by atoms with van der Waals surface area (Å²) in [5.74, 6) is 0.605. The van der Waals surface area contributed by atoms with Crippen LogP contribution < -0.4 is 10.5 Å². The molecule has 1 aromatic rings. The van der Waals surface area contributed by atoms with Gasteiger partial charge in [0, 0.05) is 0 Å². The first-order chi connectivity index (χ1) is 7.31. The number of rotatable bonds is 4. The Hall–Kier alpha value is -1.79. The molecule has 0 bridgehead atoms. The molecule has 78 valence electrons. The number of nitrogens with zero attached hydrogens (tertiary/aromatic N) is 1. The van der Waals surface area contributed by atoms with E-state index < -0.39 is 0 Å². The number of hydrogen-bond acceptors (Lipinski definition) is 3. The summed E-state index contributed by atoms with van der Waals surface area (Å²) in [4.78, 5) is 0. The van der Waals surface area contributed by atoms with Crippen molar-refractivity contribution in [3.05, 3.63) is 35.4 Å². The fourth-order valence-electron chi connectivity index (χ4n) is 1.23. The van der Waals surface area contributed by atoms with Crippen LogP contribution in [0.3, 0.4) is 0 Å². The number of ether oxygens (including phenoxy) is 1. The molecular formula is C12H14N2O. The van der Waals surface area contributed by atoms with Crippen LogP contribution in [0.1, 0.15) is 17.5 Å². The highest BCUT2D eigenvalue weighted by Crippen LogP contribution is 2.19. The van der Waals surface area contributed by atoms with Crippen LogP contribution in [0.5, 0.6) is 5.75 Å². The average molecular weight is 202 g/mol. The van der Waals surface area contributed by atoms with Gasteiger partial charge in [0.15, 0.2) is 0 Å². The summed E-state index contributed by atoms with van der Waals surface area (Å²) in [5, 5.41) is 8.87. The van der Waals surface area contributed by atoms with E-state index in [1.165, 1.54) is 0 Å². The van der Waals surface area contributed by atoms with Crippen LogP contribution in [0.25, 0.3) is 6.08 Å². The van der Waals surface area contributed by atoms with Crippen molar-refractivity contribution < 1.29 is 4.74 Å². The van der Waals surface area contributed by atoms with E-state index in [-0.39, 0.29) is 0 Å². The van der Waals surface area contributed by atoms with Gasteiger partial charge in [0.2, 0.25) is 0 Å². The molecular weight excluding hydrogens is 188 g/mol. The Kier molecular flexibility index (Phi) is 4.39. The molecule has 1 aromatic carbocycles. The van der Waals surface area contributed by atoms with Gasteiger partial charge >= 0.3 is 0 Å². The number of hydrogen-bond donors (Lipinski definition) is 1. The molecule has 0 fully saturated rings. The summed E-state index contributed by atoms with van der Waals surface area (Å²) in [6.07, 6.45) is 4.78. The SMILES string of the molecule is COc1ccc(C=CCCN)cc1C#N. The Labute approximate surface area is 89.8 Å². The molecule has 0 heterocycles. The third-order valence-corrected chi connectivity index (χ3v) is 1.99. The second-order valence-electron chi connectivity index (χ2n) is 3.05. The lowest BCUT2D eigenvalue weighted by atomic mass is 10.1. The van der Waals surface area contributed by atoms with Gasteiger partial charge in [0.25, 0.3) is 0 Å². The maximum atomic E-state index is 8.87. The molecule has 0 unspecified atom stereocenters. The summed E-state index contributed by atoms with van der Waals surface area (Å²) < 4.78 is 5.05. The van der Waals surface area contributed by atoms with Crippen molar-refractivity contribution in [3.8, 4) is 11.8 Å². The van der Waals surface area contributed by atoms with Crippen LogP contribution in [0.2, 0.25) is 0 Å². The van der Waals surface area contributed by atoms with Crippen molar-refractivity contribution in [1.82, 2.24) is 0 Å². The Morgan fingerprint density at radius 2 is 2.33 bits per heavy atom. The highest BCUT2D eigenvalue weighted by molar-refractivity contribution is 5.56. The van der Waals surface area contributed by atoms with E-state index in [9.17, 15) is 0 Å². The van der Waals surface area contributed by atoms with Crippen molar-refractivity contribution >= 4 is 6.08 Å². The maximum Gasteiger partial charge on any atom is 0.136 e. The van der Waals surface area contributed by atoms with Gasteiger partial charge < -0.3 is 10.5 Å². The lowest BCUT2D eigenvalue weighted by Gasteiger charge is -2.02. The van der Waals surface area contributed by atoms with E-state index in [0.29, 0.717) is 17.9 Å². The van der Waals surface area contributed by atoms with E-state index in [1.54, 1.807) is 19.2 Å². The molecule has 0 aromatic heterocycles. The molecule has 0 radical (unpaired) electrons. The van der Waals surface area contributed by atoms with Gasteiger partial charge in [0.05, 0.1) is 12.7 Å². The first kappa shape index (κ1) is 11.3. The molecule has 1 rings (SSSR count). The molecule has 0 amide bonds. The lowest BCUT2D eigenvalue weighted by molar-refractivity contribution is 0.413. The van der Waals surface area contributed by atoms with E-state index in [2.05, 4.69) is 6.07 Å². The number of methoxy groups -OCH3 is 1. The molecule has 0 spiro atoms. The number of nitriles is 1. The molecule has 15 heavy (non-hydrogen) atoms. The second kappa shape index (κ2) is 5.84. The van der Waals surface area contributed by atoms with Crippen LogP contribution in [-0.2, 0) is 0 Å². The lowest BCUT2D eigenvalue weighted by Crippen LogP contribution is -1.95. The molecule has 0 aliphatic heterocycles. The Bertz CT molecular complexity index is 391. The van der Waals surface area contributed by atoms with Crippen LogP contribution in [0.4, 0.5) is 0 Å². The van der Waals surface area contributed by atoms with Gasteiger partial charge in [-0.2, -0.15) is 5.26 Å². The average Bonchev–Trinajstić information content (AvgIpc) is 2.29. The topological polar surface area (TPSA) is 59.0 Å². The quantitative estimate of drug-likeness (QED) is 0.811. The van der Waals surface area contributed by atoms with Gasteiger partial charge in [-0.1, -0.05) is 18.2 Å². The Morgan fingerprint density at radius 3 is 2.93 bits per heavy atom. The molecule has 0 atom stereocenters.